The van der Waals surface area contributed by atoms with Gasteiger partial charge in [0, 0.05) is 85.8 Å². The van der Waals surface area contributed by atoms with Gasteiger partial charge in [-0.1, -0.05) is 0 Å². The summed E-state index contributed by atoms with van der Waals surface area (Å²) in [5.41, 5.74) is 13.0. The van der Waals surface area contributed by atoms with Gasteiger partial charge in [-0.25, -0.2) is 9.97 Å². The summed E-state index contributed by atoms with van der Waals surface area (Å²) in [5.74, 6) is 0. The normalized spacial score (nSPS) is 12.0. The molecular formula is C40H26N8O4. The molecule has 0 aromatic carbocycles. The number of H-pyrrole nitrogens is 6. The largest absolute Gasteiger partial charge is 0.360 e. The number of hydrogen-bond donors (Lipinski definition) is 6. The van der Waals surface area contributed by atoms with E-state index < -0.39 is 0 Å². The van der Waals surface area contributed by atoms with Crippen LogP contribution in [0.5, 0.6) is 0 Å². The molecule has 0 spiro atoms. The molecule has 9 rings (SSSR count). The Hall–Kier alpha value is -7.60. The van der Waals surface area contributed by atoms with Crippen LogP contribution >= 0.6 is 0 Å². The van der Waals surface area contributed by atoms with Crippen molar-refractivity contribution in [2.75, 3.05) is 0 Å². The van der Waals surface area contributed by atoms with Crippen molar-refractivity contribution in [1.29, 1.82) is 0 Å². The zero-order valence-electron chi connectivity index (χ0n) is 27.1. The van der Waals surface area contributed by atoms with Crippen LogP contribution in [0.2, 0.25) is 0 Å². The van der Waals surface area contributed by atoms with Crippen molar-refractivity contribution in [3.8, 4) is 44.6 Å². The first-order valence-corrected chi connectivity index (χ1v) is 16.3. The van der Waals surface area contributed by atoms with Gasteiger partial charge in [-0.15, -0.1) is 0 Å². The first-order valence-electron chi connectivity index (χ1n) is 16.3. The van der Waals surface area contributed by atoms with Crippen LogP contribution in [0, 0.1) is 0 Å². The zero-order chi connectivity index (χ0) is 35.3. The van der Waals surface area contributed by atoms with Crippen LogP contribution in [-0.4, -0.2) is 65.0 Å². The molecule has 8 bridgehead atoms. The maximum Gasteiger partial charge on any atom is 0.166 e. The van der Waals surface area contributed by atoms with E-state index in [9.17, 15) is 19.2 Å². The fraction of sp³-hybridized carbons (Fsp3) is 0. The number of nitrogens with zero attached hydrogens (tertiary/aromatic N) is 2. The van der Waals surface area contributed by atoms with Gasteiger partial charge in [0.25, 0.3) is 0 Å². The van der Waals surface area contributed by atoms with Gasteiger partial charge in [0.1, 0.15) is 0 Å². The Morgan fingerprint density at radius 2 is 0.808 bits per heavy atom. The van der Waals surface area contributed by atoms with E-state index >= 15 is 0 Å². The number of aldehydes is 4. The summed E-state index contributed by atoms with van der Waals surface area (Å²) in [5, 5.41) is 0. The Morgan fingerprint density at radius 3 is 1.15 bits per heavy atom. The minimum atomic E-state index is 0.413. The molecule has 7 aromatic rings. The van der Waals surface area contributed by atoms with Gasteiger partial charge >= 0.3 is 0 Å². The van der Waals surface area contributed by atoms with E-state index in [1.165, 1.54) is 0 Å². The van der Waals surface area contributed by atoms with Crippen molar-refractivity contribution in [1.82, 2.24) is 39.9 Å². The lowest BCUT2D eigenvalue weighted by Crippen LogP contribution is -1.89. The number of carbonyl (C=O) groups excluding carboxylic acids is 4. The molecular weight excluding hydrogens is 656 g/mol. The third-order valence-electron chi connectivity index (χ3n) is 9.23. The number of hydrogen-bond acceptors (Lipinski definition) is 6. The highest BCUT2D eigenvalue weighted by atomic mass is 16.1. The lowest BCUT2D eigenvalue weighted by molar-refractivity contribution is 0.111. The number of nitrogens with one attached hydrogen (secondary N) is 6. The number of aromatic nitrogens is 8. The monoisotopic (exact) mass is 682 g/mol. The summed E-state index contributed by atoms with van der Waals surface area (Å²) in [6, 6.07) is 14.9. The third-order valence-corrected chi connectivity index (χ3v) is 9.23. The molecule has 2 aliphatic heterocycles. The van der Waals surface area contributed by atoms with Crippen molar-refractivity contribution >= 4 is 71.5 Å². The highest BCUT2D eigenvalue weighted by Gasteiger charge is 2.20. The molecule has 0 atom stereocenters. The molecule has 2 aliphatic rings. The van der Waals surface area contributed by atoms with Gasteiger partial charge in [0.15, 0.2) is 25.1 Å². The molecule has 0 amide bonds. The second-order valence-electron chi connectivity index (χ2n) is 12.4. The smallest absolute Gasteiger partial charge is 0.166 e. The van der Waals surface area contributed by atoms with Gasteiger partial charge in [-0.05, 0) is 72.8 Å². The molecule has 0 unspecified atom stereocenters. The molecule has 52 heavy (non-hydrogen) atoms. The summed E-state index contributed by atoms with van der Waals surface area (Å²) in [6.45, 7) is 0. The van der Waals surface area contributed by atoms with Crippen molar-refractivity contribution < 1.29 is 19.2 Å². The lowest BCUT2D eigenvalue weighted by Gasteiger charge is -2.04. The van der Waals surface area contributed by atoms with Gasteiger partial charge in [-0.2, -0.15) is 0 Å². The predicted molar refractivity (Wildman–Crippen MR) is 200 cm³/mol. The Balaban J connectivity index is 1.46. The molecule has 12 nitrogen and oxygen atoms in total. The number of carbonyl (C=O) groups is 4. The molecule has 0 radical (unpaired) electrons. The Labute approximate surface area is 293 Å². The molecule has 9 heterocycles. The van der Waals surface area contributed by atoms with Gasteiger partial charge < -0.3 is 29.9 Å². The Morgan fingerprint density at radius 1 is 0.423 bits per heavy atom. The average Bonchev–Trinajstić information content (AvgIpc) is 4.02. The first kappa shape index (κ1) is 30.5. The second kappa shape index (κ2) is 12.1. The lowest BCUT2D eigenvalue weighted by atomic mass is 10.1. The van der Waals surface area contributed by atoms with E-state index in [-0.39, 0.29) is 0 Å². The second-order valence-corrected chi connectivity index (χ2v) is 12.4. The molecule has 250 valence electrons. The summed E-state index contributed by atoms with van der Waals surface area (Å²) < 4.78 is 0. The van der Waals surface area contributed by atoms with Gasteiger partial charge in [0.2, 0.25) is 0 Å². The summed E-state index contributed by atoms with van der Waals surface area (Å²) >= 11 is 0. The summed E-state index contributed by atoms with van der Waals surface area (Å²) in [6.07, 6.45) is 17.7. The molecule has 0 aliphatic carbocycles. The van der Waals surface area contributed by atoms with Crippen molar-refractivity contribution in [3.05, 3.63) is 119 Å². The van der Waals surface area contributed by atoms with Crippen LogP contribution in [0.25, 0.3) is 91.0 Å². The maximum absolute atomic E-state index is 11.8. The van der Waals surface area contributed by atoms with Gasteiger partial charge in [0.05, 0.1) is 51.1 Å². The fourth-order valence-electron chi connectivity index (χ4n) is 6.90. The zero-order valence-corrected chi connectivity index (χ0v) is 27.1. The molecule has 0 saturated carbocycles. The topological polar surface area (TPSA) is 189 Å². The quantitative estimate of drug-likeness (QED) is 0.0884. The number of fused-ring (bicyclic) bond motifs is 8. The van der Waals surface area contributed by atoms with Crippen molar-refractivity contribution in [3.63, 3.8) is 0 Å². The van der Waals surface area contributed by atoms with E-state index in [2.05, 4.69) is 29.9 Å². The Kier molecular flexibility index (Phi) is 7.07. The van der Waals surface area contributed by atoms with Crippen LogP contribution in [0.1, 0.15) is 64.6 Å². The predicted octanol–water partition coefficient (Wildman–Crippen LogP) is 7.89. The van der Waals surface area contributed by atoms with Crippen molar-refractivity contribution in [2.45, 2.75) is 0 Å². The summed E-state index contributed by atoms with van der Waals surface area (Å²) in [7, 11) is 0. The maximum atomic E-state index is 11.8. The van der Waals surface area contributed by atoms with E-state index in [0.717, 1.165) is 86.2 Å². The number of rotatable bonds is 8. The molecule has 6 N–H and O–H groups in total. The molecule has 12 heteroatoms. The number of aromatic amines is 6. The fourth-order valence-corrected chi connectivity index (χ4v) is 6.90. The standard InChI is InChI=1S/C40H26N8O4/c49-17-21-9-36(44-13-21)40-34-7-5-32(47-34)38(23-11-26(19-51)42-15-23)30-3-1-28(45-30)37(22-10-25(18-50)41-14-22)29-2-4-31(46-29)39(33-6-8-35(40)48-33)24-12-27(20-52)43-16-24/h1-20,41-45,48H. The molecule has 0 fully saturated rings. The summed E-state index contributed by atoms with van der Waals surface area (Å²) in [4.78, 5) is 76.8. The van der Waals surface area contributed by atoms with Crippen LogP contribution < -0.4 is 0 Å². The van der Waals surface area contributed by atoms with E-state index in [0.29, 0.717) is 51.1 Å². The van der Waals surface area contributed by atoms with E-state index in [1.807, 2.05) is 48.6 Å². The minimum absolute atomic E-state index is 0.413. The van der Waals surface area contributed by atoms with Crippen LogP contribution in [-0.2, 0) is 0 Å². The van der Waals surface area contributed by atoms with Crippen LogP contribution in [0.4, 0.5) is 0 Å². The average molecular weight is 683 g/mol. The first-order chi connectivity index (χ1) is 25.5. The highest BCUT2D eigenvalue weighted by Crippen LogP contribution is 2.38. The van der Waals surface area contributed by atoms with Crippen LogP contribution in [0.3, 0.4) is 0 Å². The minimum Gasteiger partial charge on any atom is -0.360 e. The highest BCUT2D eigenvalue weighted by molar-refractivity contribution is 6.00. The van der Waals surface area contributed by atoms with Gasteiger partial charge in [-0.3, -0.25) is 19.2 Å². The molecule has 7 aromatic heterocycles. The van der Waals surface area contributed by atoms with Crippen LogP contribution in [0.15, 0.2) is 73.3 Å². The van der Waals surface area contributed by atoms with E-state index in [4.69, 9.17) is 9.97 Å². The Bertz CT molecular complexity index is 2470. The van der Waals surface area contributed by atoms with Crippen molar-refractivity contribution in [2.24, 2.45) is 0 Å². The third kappa shape index (κ3) is 5.01. The SMILES string of the molecule is O=Cc1c[nH]c(-c2c3nc(c(-c4c[nH]c(C=O)c4)c4ccc([nH]4)c(-c4c[nH]c(C=O)c4)c4nc(c(-c5c[nH]c(C=O)c5)c5ccc2[nH]5)C=C4)C=C3)c1. The molecule has 0 saturated heterocycles. The van der Waals surface area contributed by atoms with E-state index in [1.54, 1.807) is 49.1 Å².